The van der Waals surface area contributed by atoms with Crippen LogP contribution in [0.15, 0.2) is 36.4 Å². The van der Waals surface area contributed by atoms with Crippen LogP contribution in [0.25, 0.3) is 0 Å². The fourth-order valence-electron chi connectivity index (χ4n) is 2.10. The molecule has 1 N–H and O–H groups in total. The van der Waals surface area contributed by atoms with Gasteiger partial charge in [0.15, 0.2) is 11.5 Å². The highest BCUT2D eigenvalue weighted by Gasteiger charge is 2.11. The second-order valence-electron chi connectivity index (χ2n) is 4.87. The number of hydrogen-bond acceptors (Lipinski definition) is 3. The first-order valence-corrected chi connectivity index (χ1v) is 6.80. The van der Waals surface area contributed by atoms with Crippen molar-refractivity contribution in [1.29, 1.82) is 0 Å². The maximum Gasteiger partial charge on any atom is 0.228 e. The molecule has 116 valence electrons. The highest BCUT2D eigenvalue weighted by atomic mass is 19.1. The van der Waals surface area contributed by atoms with Gasteiger partial charge in [-0.15, -0.1) is 0 Å². The van der Waals surface area contributed by atoms with E-state index in [0.29, 0.717) is 17.2 Å². The molecular formula is C17H18FNO3. The molecule has 0 aliphatic carbocycles. The van der Waals surface area contributed by atoms with Gasteiger partial charge >= 0.3 is 0 Å². The first-order chi connectivity index (χ1) is 10.5. The fraction of sp³-hybridized carbons (Fsp3) is 0.235. The Morgan fingerprint density at radius 2 is 1.68 bits per heavy atom. The lowest BCUT2D eigenvalue weighted by Crippen LogP contribution is -2.15. The number of carbonyl (C=O) groups excluding carboxylic acids is 1. The molecule has 0 aliphatic heterocycles. The summed E-state index contributed by atoms with van der Waals surface area (Å²) in [6.07, 6.45) is 0.175. The van der Waals surface area contributed by atoms with Gasteiger partial charge in [0.25, 0.3) is 0 Å². The number of amides is 1. The zero-order valence-corrected chi connectivity index (χ0v) is 12.8. The maximum atomic E-state index is 12.9. The van der Waals surface area contributed by atoms with Crippen molar-refractivity contribution in [1.82, 2.24) is 0 Å². The Balaban J connectivity index is 2.12. The number of aryl methyl sites for hydroxylation is 1. The van der Waals surface area contributed by atoms with Crippen LogP contribution in [0.3, 0.4) is 0 Å². The van der Waals surface area contributed by atoms with E-state index in [1.807, 2.05) is 6.92 Å². The molecule has 0 heterocycles. The number of carbonyl (C=O) groups is 1. The van der Waals surface area contributed by atoms with Crippen LogP contribution >= 0.6 is 0 Å². The van der Waals surface area contributed by atoms with E-state index in [0.717, 1.165) is 11.1 Å². The van der Waals surface area contributed by atoms with E-state index in [1.54, 1.807) is 31.4 Å². The van der Waals surface area contributed by atoms with Crippen molar-refractivity contribution in [3.05, 3.63) is 53.3 Å². The van der Waals surface area contributed by atoms with Crippen LogP contribution < -0.4 is 14.8 Å². The average Bonchev–Trinajstić information content (AvgIpc) is 2.51. The van der Waals surface area contributed by atoms with Crippen molar-refractivity contribution >= 4 is 11.6 Å². The zero-order chi connectivity index (χ0) is 16.1. The van der Waals surface area contributed by atoms with Crippen LogP contribution in [-0.4, -0.2) is 20.1 Å². The Labute approximate surface area is 128 Å². The molecule has 0 aromatic heterocycles. The molecule has 0 spiro atoms. The van der Waals surface area contributed by atoms with E-state index in [4.69, 9.17) is 9.47 Å². The summed E-state index contributed by atoms with van der Waals surface area (Å²) in [6.45, 7) is 1.87. The molecule has 5 heteroatoms. The molecule has 0 bridgehead atoms. The summed E-state index contributed by atoms with van der Waals surface area (Å²) in [4.78, 5) is 12.1. The number of methoxy groups -OCH3 is 2. The molecule has 2 rings (SSSR count). The van der Waals surface area contributed by atoms with Crippen LogP contribution in [0.4, 0.5) is 10.1 Å². The zero-order valence-electron chi connectivity index (χ0n) is 12.8. The Morgan fingerprint density at radius 1 is 1.09 bits per heavy atom. The molecule has 22 heavy (non-hydrogen) atoms. The van der Waals surface area contributed by atoms with E-state index in [9.17, 15) is 9.18 Å². The van der Waals surface area contributed by atoms with Gasteiger partial charge in [-0.3, -0.25) is 4.79 Å². The van der Waals surface area contributed by atoms with Gasteiger partial charge < -0.3 is 14.8 Å². The Hall–Kier alpha value is -2.56. The largest absolute Gasteiger partial charge is 0.493 e. The van der Waals surface area contributed by atoms with E-state index in [1.165, 1.54) is 19.2 Å². The second-order valence-corrected chi connectivity index (χ2v) is 4.87. The third kappa shape index (κ3) is 3.75. The van der Waals surface area contributed by atoms with E-state index < -0.39 is 0 Å². The molecule has 0 atom stereocenters. The minimum absolute atomic E-state index is 0.175. The average molecular weight is 303 g/mol. The molecule has 0 radical (unpaired) electrons. The van der Waals surface area contributed by atoms with Gasteiger partial charge in [-0.25, -0.2) is 4.39 Å². The van der Waals surface area contributed by atoms with E-state index in [2.05, 4.69) is 5.32 Å². The number of halogens is 1. The molecule has 0 fully saturated rings. The van der Waals surface area contributed by atoms with Crippen LogP contribution in [-0.2, 0) is 11.2 Å². The molecule has 0 aliphatic rings. The van der Waals surface area contributed by atoms with Crippen molar-refractivity contribution < 1.29 is 18.7 Å². The summed E-state index contributed by atoms with van der Waals surface area (Å²) in [5, 5.41) is 2.83. The highest BCUT2D eigenvalue weighted by Crippen LogP contribution is 2.32. The number of hydrogen-bond donors (Lipinski definition) is 1. The summed E-state index contributed by atoms with van der Waals surface area (Å²) in [5.74, 6) is 0.656. The second kappa shape index (κ2) is 6.93. The van der Waals surface area contributed by atoms with Crippen LogP contribution in [0.2, 0.25) is 0 Å². The minimum Gasteiger partial charge on any atom is -0.493 e. The van der Waals surface area contributed by atoms with Crippen LogP contribution in [0, 0.1) is 12.7 Å². The predicted molar refractivity (Wildman–Crippen MR) is 83.0 cm³/mol. The summed E-state index contributed by atoms with van der Waals surface area (Å²) < 4.78 is 23.3. The Kier molecular flexibility index (Phi) is 4.99. The van der Waals surface area contributed by atoms with Gasteiger partial charge in [0.2, 0.25) is 5.91 Å². The summed E-state index contributed by atoms with van der Waals surface area (Å²) in [7, 11) is 3.10. The van der Waals surface area contributed by atoms with Crippen molar-refractivity contribution in [2.75, 3.05) is 19.5 Å². The van der Waals surface area contributed by atoms with Crippen LogP contribution in [0.5, 0.6) is 11.5 Å². The number of ether oxygens (including phenoxy) is 2. The van der Waals surface area contributed by atoms with Gasteiger partial charge in [0.1, 0.15) is 5.82 Å². The summed E-state index contributed by atoms with van der Waals surface area (Å²) in [5.41, 5.74) is 2.27. The molecule has 0 unspecified atom stereocenters. The summed E-state index contributed by atoms with van der Waals surface area (Å²) in [6, 6.07) is 9.38. The standard InChI is InChI=1S/C17H18FNO3/c1-11-8-15(21-2)16(22-3)10-14(11)19-17(20)9-12-4-6-13(18)7-5-12/h4-8,10H,9H2,1-3H3,(H,19,20). The number of nitrogens with one attached hydrogen (secondary N) is 1. The first-order valence-electron chi connectivity index (χ1n) is 6.80. The third-order valence-corrected chi connectivity index (χ3v) is 3.28. The molecule has 0 saturated carbocycles. The third-order valence-electron chi connectivity index (χ3n) is 3.28. The smallest absolute Gasteiger partial charge is 0.228 e. The number of benzene rings is 2. The fourth-order valence-corrected chi connectivity index (χ4v) is 2.10. The van der Waals surface area contributed by atoms with Crippen molar-refractivity contribution in [2.24, 2.45) is 0 Å². The molecule has 1 amide bonds. The topological polar surface area (TPSA) is 47.6 Å². The van der Waals surface area contributed by atoms with Gasteiger partial charge in [-0.1, -0.05) is 12.1 Å². The van der Waals surface area contributed by atoms with Crippen LogP contribution in [0.1, 0.15) is 11.1 Å². The van der Waals surface area contributed by atoms with Gasteiger partial charge in [0.05, 0.1) is 20.6 Å². The lowest BCUT2D eigenvalue weighted by molar-refractivity contribution is -0.115. The van der Waals surface area contributed by atoms with E-state index in [-0.39, 0.29) is 18.1 Å². The quantitative estimate of drug-likeness (QED) is 0.921. The normalized spacial score (nSPS) is 10.2. The molecular weight excluding hydrogens is 285 g/mol. The predicted octanol–water partition coefficient (Wildman–Crippen LogP) is 3.33. The van der Waals surface area contributed by atoms with Gasteiger partial charge in [0, 0.05) is 11.8 Å². The van der Waals surface area contributed by atoms with Crippen molar-refractivity contribution in [3.63, 3.8) is 0 Å². The number of rotatable bonds is 5. The maximum absolute atomic E-state index is 12.9. The van der Waals surface area contributed by atoms with Crippen molar-refractivity contribution in [3.8, 4) is 11.5 Å². The Morgan fingerprint density at radius 3 is 2.27 bits per heavy atom. The molecule has 2 aromatic carbocycles. The monoisotopic (exact) mass is 303 g/mol. The molecule has 2 aromatic rings. The first kappa shape index (κ1) is 15.8. The number of anilines is 1. The lowest BCUT2D eigenvalue weighted by Gasteiger charge is -2.13. The molecule has 0 saturated heterocycles. The lowest BCUT2D eigenvalue weighted by atomic mass is 10.1. The SMILES string of the molecule is COc1cc(C)c(NC(=O)Cc2ccc(F)cc2)cc1OC. The Bertz CT molecular complexity index is 668. The summed E-state index contributed by atoms with van der Waals surface area (Å²) >= 11 is 0. The minimum atomic E-state index is -0.320. The van der Waals surface area contributed by atoms with Crippen molar-refractivity contribution in [2.45, 2.75) is 13.3 Å². The molecule has 4 nitrogen and oxygen atoms in total. The van der Waals surface area contributed by atoms with Gasteiger partial charge in [-0.2, -0.15) is 0 Å². The van der Waals surface area contributed by atoms with E-state index >= 15 is 0 Å². The highest BCUT2D eigenvalue weighted by molar-refractivity contribution is 5.93. The van der Waals surface area contributed by atoms with Gasteiger partial charge in [-0.05, 0) is 36.2 Å².